The predicted molar refractivity (Wildman–Crippen MR) is 638 cm³/mol. The van der Waals surface area contributed by atoms with Crippen molar-refractivity contribution >= 4 is 46.2 Å². The number of likely N-dealkylation sites (tertiary alicyclic amines) is 2. The van der Waals surface area contributed by atoms with Crippen LogP contribution in [0.4, 0.5) is 0 Å². The summed E-state index contributed by atoms with van der Waals surface area (Å²) in [5.74, 6) is 25.4. The number of carbonyl (C=O) groups excluding carboxylic acids is 2. The fourth-order valence-electron chi connectivity index (χ4n) is 17.9. The van der Waals surface area contributed by atoms with E-state index in [1.807, 2.05) is 32.3 Å². The van der Waals surface area contributed by atoms with Gasteiger partial charge in [-0.05, 0) is 342 Å². The molecule has 832 valence electrons. The number of ether oxygens (including phenoxy) is 1. The number of allylic oxidation sites excluding steroid dienone is 2. The molecule has 1 aromatic carbocycles. The molecular formula is C128H244N8O3S3. The van der Waals surface area contributed by atoms with Crippen molar-refractivity contribution in [2.24, 2.45) is 160 Å². The number of hydrogen-bond acceptors (Lipinski definition) is 11. The summed E-state index contributed by atoms with van der Waals surface area (Å²) in [5, 5.41) is 18.1. The molecule has 0 radical (unpaired) electrons. The van der Waals surface area contributed by atoms with E-state index in [0.29, 0.717) is 78.1 Å². The van der Waals surface area contributed by atoms with Gasteiger partial charge in [-0.2, -0.15) is 11.8 Å². The minimum atomic E-state index is 0.186. The lowest BCUT2D eigenvalue weighted by atomic mass is 9.67. The Balaban J connectivity index is 0. The van der Waals surface area contributed by atoms with Gasteiger partial charge in [0.1, 0.15) is 0 Å². The number of thiazole rings is 2. The molecule has 2 amide bonds. The highest BCUT2D eigenvalue weighted by Gasteiger charge is 2.33. The summed E-state index contributed by atoms with van der Waals surface area (Å²) in [5.41, 5.74) is 10.1. The standard InChI is InChI=1S/C15H22.C12H23NO.C12H21NS.C12H25N.C12H24O.2C12H24.C11H19NS.C10H19N3.C10H21NO.C10H22S/c1-10(2)13-8-12-6-5-7-14(11(3)4)15(12)9-13;1-9(2)7-12(14)13-6-5-11(8-13)10(3)4;1-9(2)5-6-12-13-11(8-14-12)7-10(3)4;1-10(2)5-7-13-8-6-12(9-13)11(3)4;1-9(2)8-13-12-6-5-11(7-12)10(3)4;1-9(2)5-6-11-7-12(8-11)10(3)4;1-10(2)6-8-12(5)9-7-11(3)4;1-8(2)5-10-7-13-11(12-10)6-9(3)4;1-8(2)5-10-7-13(12-11-10)6-9(3)4;1-8(2)5-6-11-10(12)7-9(3)4;1-9(2)6-5-7-11-8-10(3)4/h5-7,10-11,13H,8-9H2,1-4H3;9-11H,5-8H2,1-4H3;8-10H,5-7H2,1-4H3;10-12H,5-9H2,1-4H3;9-12H,5-8H2,1-4H3;9-12H,5-8H2,1-4H3;8,10-11H,6-7,9H2,1-5H3;2*7-9H,5-6H2,1-4H3;8-9H,5-7H2,1-4H3,(H,11,12);9-10H,5-8H2,1-4H3/b;;;;;;12-8+;;;;. The average Bonchev–Trinajstić information content (AvgIpc) is 1.66. The fourth-order valence-corrected chi connectivity index (χ4v) is 20.8. The monoisotopic (exact) mass is 2040 g/mol. The van der Waals surface area contributed by atoms with Crippen molar-refractivity contribution in [2.75, 3.05) is 57.4 Å². The van der Waals surface area contributed by atoms with Crippen LogP contribution in [0.1, 0.15) is 483 Å². The van der Waals surface area contributed by atoms with Gasteiger partial charge in [-0.15, -0.1) is 27.8 Å². The smallest absolute Gasteiger partial charge is 0.222 e. The summed E-state index contributed by atoms with van der Waals surface area (Å²) < 4.78 is 7.78. The van der Waals surface area contributed by atoms with Gasteiger partial charge < -0.3 is 19.9 Å². The first-order valence-corrected chi connectivity index (χ1v) is 62.2. The Morgan fingerprint density at radius 3 is 1.45 bits per heavy atom. The maximum Gasteiger partial charge on any atom is 0.222 e. The number of carbonyl (C=O) groups is 2. The van der Waals surface area contributed by atoms with Gasteiger partial charge in [-0.1, -0.05) is 359 Å². The first-order valence-electron chi connectivity index (χ1n) is 59.2. The van der Waals surface area contributed by atoms with Crippen molar-refractivity contribution in [1.82, 2.24) is 40.1 Å². The Labute approximate surface area is 899 Å². The van der Waals surface area contributed by atoms with Gasteiger partial charge in [-0.25, -0.2) is 9.97 Å². The second kappa shape index (κ2) is 81.4. The maximum atomic E-state index is 11.7. The van der Waals surface area contributed by atoms with Crippen molar-refractivity contribution in [2.45, 2.75) is 497 Å². The number of aromatic nitrogens is 5. The number of nitrogens with one attached hydrogen (secondary N) is 1. The largest absolute Gasteiger partial charge is 0.378 e. The van der Waals surface area contributed by atoms with Crippen LogP contribution in [0.15, 0.2) is 46.8 Å². The summed E-state index contributed by atoms with van der Waals surface area (Å²) in [7, 11) is 0. The van der Waals surface area contributed by atoms with Crippen LogP contribution in [0.2, 0.25) is 0 Å². The minimum Gasteiger partial charge on any atom is -0.378 e. The van der Waals surface area contributed by atoms with Crippen LogP contribution in [0.5, 0.6) is 0 Å². The molecule has 0 spiro atoms. The van der Waals surface area contributed by atoms with Gasteiger partial charge in [-0.3, -0.25) is 14.3 Å². The van der Waals surface area contributed by atoms with Crippen LogP contribution in [0.3, 0.4) is 0 Å². The Morgan fingerprint density at radius 2 is 0.986 bits per heavy atom. The third-order valence-corrected chi connectivity index (χ3v) is 30.9. The van der Waals surface area contributed by atoms with E-state index in [2.05, 4.69) is 395 Å². The third-order valence-electron chi connectivity index (χ3n) is 27.5. The van der Waals surface area contributed by atoms with E-state index in [9.17, 15) is 9.59 Å². The molecule has 4 aromatic rings. The molecule has 2 saturated heterocycles. The molecule has 5 unspecified atom stereocenters. The second-order valence-corrected chi connectivity index (χ2v) is 55.9. The van der Waals surface area contributed by atoms with Gasteiger partial charge in [0.25, 0.3) is 0 Å². The van der Waals surface area contributed by atoms with E-state index < -0.39 is 0 Å². The lowest BCUT2D eigenvalue weighted by Gasteiger charge is -2.38. The van der Waals surface area contributed by atoms with Crippen LogP contribution in [-0.2, 0) is 65.8 Å². The zero-order chi connectivity index (χ0) is 109. The number of fused-ring (bicyclic) bond motifs is 1. The van der Waals surface area contributed by atoms with E-state index in [4.69, 9.17) is 4.74 Å². The zero-order valence-electron chi connectivity index (χ0n) is 103. The SMILES string of the molecule is C/C(=C\CC(C)C)CCC(C)C.CC(C)CC(=O)N1CCC(C(C)C)C1.CC(C)CCC1CC(C(C)C)C1.CC(C)CCCSCC(C)C.CC(C)CCN1CCC(C(C)C)C1.CC(C)CCNC(=O)CC(C)C.CC(C)CCc1nc(CC(C)C)cs1.CC(C)COC1CCC(C(C)C)C1.CC(C)Cc1cn(CC(C)C)nn1.CC(C)Cc1csc(CC(C)C)n1.CC(C)c1cccc2c1CC(C(C)C)C2. The number of hydrogen-bond donors (Lipinski definition) is 1. The first kappa shape index (κ1) is 141. The number of aryl methyl sites for hydroxylation is 1. The van der Waals surface area contributed by atoms with Gasteiger partial charge in [0.2, 0.25) is 11.8 Å². The van der Waals surface area contributed by atoms with Crippen molar-refractivity contribution in [3.63, 3.8) is 0 Å². The topological polar surface area (TPSA) is 118 Å². The summed E-state index contributed by atoms with van der Waals surface area (Å²) in [6.07, 6.45) is 37.4. The highest BCUT2D eigenvalue weighted by Crippen LogP contribution is 2.42. The number of thioether (sulfide) groups is 1. The molecule has 11 nitrogen and oxygen atoms in total. The molecule has 0 bridgehead atoms. The Morgan fingerprint density at radius 1 is 0.472 bits per heavy atom. The van der Waals surface area contributed by atoms with E-state index >= 15 is 0 Å². The summed E-state index contributed by atoms with van der Waals surface area (Å²) >= 11 is 5.73. The van der Waals surface area contributed by atoms with Crippen molar-refractivity contribution in [3.8, 4) is 0 Å². The van der Waals surface area contributed by atoms with E-state index in [0.717, 1.165) is 189 Å². The minimum absolute atomic E-state index is 0.186. The maximum absolute atomic E-state index is 11.7. The lowest BCUT2D eigenvalue weighted by molar-refractivity contribution is -0.131. The Kier molecular flexibility index (Phi) is 80.6. The molecule has 142 heavy (non-hydrogen) atoms. The third kappa shape index (κ3) is 77.0. The number of rotatable bonds is 46. The van der Waals surface area contributed by atoms with Gasteiger partial charge in [0.05, 0.1) is 33.2 Å². The Bertz CT molecular complexity index is 3500. The molecule has 1 N–H and O–H groups in total. The van der Waals surface area contributed by atoms with Crippen LogP contribution < -0.4 is 5.32 Å². The second-order valence-electron chi connectivity index (χ2n) is 52.9. The predicted octanol–water partition coefficient (Wildman–Crippen LogP) is 37.3. The molecule has 5 aliphatic rings. The molecule has 4 fully saturated rings. The fraction of sp³-hybridized carbons (Fsp3) is 0.859. The van der Waals surface area contributed by atoms with Crippen LogP contribution in [0.25, 0.3) is 0 Å². The molecular weight excluding hydrogens is 1790 g/mol. The molecule has 3 aromatic heterocycles. The first-order chi connectivity index (χ1) is 66.3. The van der Waals surface area contributed by atoms with Gasteiger partial charge >= 0.3 is 0 Å². The summed E-state index contributed by atoms with van der Waals surface area (Å²) in [6.45, 7) is 110. The number of amides is 2. The Hall–Kier alpha value is -3.43. The van der Waals surface area contributed by atoms with E-state index in [1.54, 1.807) is 22.3 Å². The summed E-state index contributed by atoms with van der Waals surface area (Å²) in [6, 6.07) is 6.87. The van der Waals surface area contributed by atoms with Crippen LogP contribution >= 0.6 is 34.4 Å². The zero-order valence-corrected chi connectivity index (χ0v) is 105. The molecule has 14 heteroatoms. The highest BCUT2D eigenvalue weighted by molar-refractivity contribution is 7.99. The molecule has 3 aliphatic carbocycles. The lowest BCUT2D eigenvalue weighted by Crippen LogP contribution is -2.30. The molecule has 5 atom stereocenters. The molecule has 2 aliphatic heterocycles. The summed E-state index contributed by atoms with van der Waals surface area (Å²) in [4.78, 5) is 36.8. The van der Waals surface area contributed by atoms with Crippen molar-refractivity contribution < 1.29 is 14.3 Å². The van der Waals surface area contributed by atoms with Crippen LogP contribution in [0, 0.1) is 160 Å². The molecule has 5 heterocycles. The number of nitrogens with zero attached hydrogens (tertiary/aromatic N) is 7. The van der Waals surface area contributed by atoms with E-state index in [1.165, 1.54) is 168 Å². The van der Waals surface area contributed by atoms with Crippen molar-refractivity contribution in [1.29, 1.82) is 0 Å². The van der Waals surface area contributed by atoms with Gasteiger partial charge in [0, 0.05) is 75.6 Å². The average molecular weight is 2040 g/mol. The van der Waals surface area contributed by atoms with Crippen molar-refractivity contribution in [3.05, 3.63) is 90.6 Å². The van der Waals surface area contributed by atoms with Gasteiger partial charge in [0.15, 0.2) is 0 Å². The normalized spacial score (nSPS) is 17.9. The molecule has 9 rings (SSSR count). The molecule has 2 saturated carbocycles. The quantitative estimate of drug-likeness (QED) is 0.0341. The highest BCUT2D eigenvalue weighted by atomic mass is 32.2. The van der Waals surface area contributed by atoms with E-state index in [-0.39, 0.29) is 5.91 Å². The van der Waals surface area contributed by atoms with Crippen LogP contribution in [-0.4, -0.2) is 110 Å². The number of benzene rings is 1.